The summed E-state index contributed by atoms with van der Waals surface area (Å²) < 4.78 is 50.5. The number of fused-ring (bicyclic) bond motifs is 1. The van der Waals surface area contributed by atoms with Crippen LogP contribution in [0.25, 0.3) is 0 Å². The van der Waals surface area contributed by atoms with E-state index in [-0.39, 0.29) is 29.1 Å². The third kappa shape index (κ3) is 9.30. The van der Waals surface area contributed by atoms with Gasteiger partial charge in [-0.2, -0.15) is 8.42 Å². The van der Waals surface area contributed by atoms with Crippen molar-refractivity contribution < 1.29 is 60.4 Å². The van der Waals surface area contributed by atoms with E-state index in [0.29, 0.717) is 18.4 Å². The summed E-state index contributed by atoms with van der Waals surface area (Å²) in [6, 6.07) is 4.48. The molecule has 1 N–H and O–H groups in total. The first kappa shape index (κ1) is 37.5. The van der Waals surface area contributed by atoms with Crippen LogP contribution in [-0.4, -0.2) is 106 Å². The number of ether oxygens (including phenoxy) is 4. The van der Waals surface area contributed by atoms with Crippen LogP contribution in [0.1, 0.15) is 39.2 Å². The van der Waals surface area contributed by atoms with E-state index in [1.165, 1.54) is 37.9 Å². The minimum Gasteiger partial charge on any atom is -0.431 e. The van der Waals surface area contributed by atoms with E-state index in [9.17, 15) is 32.4 Å². The second-order valence-corrected chi connectivity index (χ2v) is 12.9. The summed E-state index contributed by atoms with van der Waals surface area (Å²) in [6.45, 7) is 5.65. The Kier molecular flexibility index (Phi) is 13.3. The molecule has 258 valence electrons. The van der Waals surface area contributed by atoms with Crippen LogP contribution >= 0.6 is 11.8 Å². The fourth-order valence-corrected chi connectivity index (χ4v) is 6.63. The van der Waals surface area contributed by atoms with Gasteiger partial charge in [0.2, 0.25) is 17.8 Å². The molecule has 0 aromatic heterocycles. The molecule has 1 aromatic rings. The standard InChI is InChI=1S/C29H37N3O13S2/c1-7-19(8-2)45-29(37)44-17(4)43-28(36)24-18(13-40-5)15-46-27-23(26(35)32(24)27)30-25(34)22(31-41-6)21(33)14-42-47(38,39)20-11-9-16(3)10-12-20/h9-12,17,19,23,27H,7-8,13-15H2,1-6H3,(H,30,34)/t17?,23?,27-/m1/s1. The number of Topliss-reactive ketones (excluding diaryl/α,β-unsaturated/α-hetero) is 1. The van der Waals surface area contributed by atoms with Crippen molar-refractivity contribution >= 4 is 57.3 Å². The second kappa shape index (κ2) is 16.7. The first-order valence-corrected chi connectivity index (χ1v) is 16.9. The van der Waals surface area contributed by atoms with Crippen molar-refractivity contribution in [3.63, 3.8) is 0 Å². The van der Waals surface area contributed by atoms with Crippen LogP contribution in [0.3, 0.4) is 0 Å². The maximum atomic E-state index is 13.3. The van der Waals surface area contributed by atoms with Gasteiger partial charge in [0.1, 0.15) is 36.9 Å². The lowest BCUT2D eigenvalue weighted by molar-refractivity contribution is -0.169. The van der Waals surface area contributed by atoms with Crippen LogP contribution in [0.5, 0.6) is 0 Å². The number of amides is 2. The van der Waals surface area contributed by atoms with Gasteiger partial charge in [-0.25, -0.2) is 9.59 Å². The van der Waals surface area contributed by atoms with Crippen LogP contribution in [0.2, 0.25) is 0 Å². The average Bonchev–Trinajstić information content (AvgIpc) is 3.03. The molecule has 1 saturated heterocycles. The van der Waals surface area contributed by atoms with E-state index < -0.39 is 69.9 Å². The highest BCUT2D eigenvalue weighted by molar-refractivity contribution is 8.00. The summed E-state index contributed by atoms with van der Waals surface area (Å²) in [7, 11) is -1.88. The predicted octanol–water partition coefficient (Wildman–Crippen LogP) is 1.80. The zero-order valence-electron chi connectivity index (χ0n) is 26.7. The van der Waals surface area contributed by atoms with Crippen molar-refractivity contribution in [1.82, 2.24) is 10.2 Å². The fraction of sp³-hybridized carbons (Fsp3) is 0.517. The van der Waals surface area contributed by atoms with Gasteiger partial charge >= 0.3 is 12.1 Å². The van der Waals surface area contributed by atoms with Crippen LogP contribution < -0.4 is 5.32 Å². The zero-order chi connectivity index (χ0) is 34.9. The van der Waals surface area contributed by atoms with Crippen LogP contribution in [-0.2, 0) is 57.3 Å². The lowest BCUT2D eigenvalue weighted by Crippen LogP contribution is -2.71. The Morgan fingerprint density at radius 3 is 2.32 bits per heavy atom. The number of rotatable bonds is 16. The number of nitrogens with zero attached hydrogens (tertiary/aromatic N) is 2. The molecule has 2 aliphatic heterocycles. The van der Waals surface area contributed by atoms with Gasteiger partial charge in [-0.3, -0.25) is 23.5 Å². The number of carbonyl (C=O) groups excluding carboxylic acids is 5. The summed E-state index contributed by atoms with van der Waals surface area (Å²) in [4.78, 5) is 70.0. The molecule has 2 unspecified atom stereocenters. The Morgan fingerprint density at radius 1 is 1.06 bits per heavy atom. The zero-order valence-corrected chi connectivity index (χ0v) is 28.3. The van der Waals surface area contributed by atoms with E-state index in [0.717, 1.165) is 17.6 Å². The van der Waals surface area contributed by atoms with E-state index in [4.69, 9.17) is 23.1 Å². The summed E-state index contributed by atoms with van der Waals surface area (Å²) in [5.74, 6) is -3.77. The van der Waals surface area contributed by atoms with Crippen molar-refractivity contribution in [1.29, 1.82) is 0 Å². The third-order valence-electron chi connectivity index (χ3n) is 6.87. The maximum absolute atomic E-state index is 13.3. The Balaban J connectivity index is 1.68. The molecule has 18 heteroatoms. The first-order valence-electron chi connectivity index (χ1n) is 14.4. The molecule has 0 saturated carbocycles. The number of hydrogen-bond acceptors (Lipinski definition) is 15. The molecule has 0 spiro atoms. The minimum atomic E-state index is -4.34. The molecule has 2 heterocycles. The number of benzene rings is 1. The molecule has 3 atom stereocenters. The highest BCUT2D eigenvalue weighted by Crippen LogP contribution is 2.41. The van der Waals surface area contributed by atoms with Gasteiger partial charge < -0.3 is 29.1 Å². The van der Waals surface area contributed by atoms with Crippen molar-refractivity contribution in [3.8, 4) is 0 Å². The van der Waals surface area contributed by atoms with Gasteiger partial charge in [0, 0.05) is 19.8 Å². The van der Waals surface area contributed by atoms with Gasteiger partial charge in [-0.1, -0.05) is 36.7 Å². The van der Waals surface area contributed by atoms with E-state index >= 15 is 0 Å². The van der Waals surface area contributed by atoms with E-state index in [2.05, 4.69) is 15.3 Å². The number of oxime groups is 1. The first-order chi connectivity index (χ1) is 22.3. The quantitative estimate of drug-likeness (QED) is 0.0498. The molecule has 2 amide bonds. The molecular formula is C29H37N3O13S2. The van der Waals surface area contributed by atoms with Gasteiger partial charge in [0.05, 0.1) is 11.5 Å². The van der Waals surface area contributed by atoms with Gasteiger partial charge in [0.15, 0.2) is 0 Å². The normalized spacial score (nSPS) is 18.6. The fourth-order valence-electron chi connectivity index (χ4n) is 4.43. The smallest absolute Gasteiger partial charge is 0.431 e. The largest absolute Gasteiger partial charge is 0.511 e. The lowest BCUT2D eigenvalue weighted by Gasteiger charge is -2.49. The van der Waals surface area contributed by atoms with Crippen molar-refractivity contribution in [3.05, 3.63) is 41.1 Å². The number of esters is 1. The Morgan fingerprint density at radius 2 is 1.72 bits per heavy atom. The number of β-lactam (4-membered cyclic amide) rings is 1. The maximum Gasteiger partial charge on any atom is 0.511 e. The molecule has 0 aliphatic carbocycles. The Hall–Kier alpha value is -4.00. The molecule has 16 nitrogen and oxygen atoms in total. The van der Waals surface area contributed by atoms with E-state index in [1.54, 1.807) is 19.1 Å². The SMILES string of the molecule is CCC(CC)OC(=O)OC(C)OC(=O)C1=C(COC)CS[C@@H]2C(NC(=O)C(=NOC)C(=O)COS(=O)(=O)c3ccc(C)cc3)C(=O)N12. The molecule has 3 rings (SSSR count). The average molecular weight is 700 g/mol. The van der Waals surface area contributed by atoms with Crippen molar-refractivity contribution in [2.45, 2.75) is 69.2 Å². The molecular weight excluding hydrogens is 662 g/mol. The molecule has 1 fully saturated rings. The second-order valence-electron chi connectivity index (χ2n) is 10.2. The number of aryl methyl sites for hydroxylation is 1. The number of hydrogen-bond donors (Lipinski definition) is 1. The lowest BCUT2D eigenvalue weighted by atomic mass is 10.0. The summed E-state index contributed by atoms with van der Waals surface area (Å²) in [6.07, 6.45) is -1.62. The Labute approximate surface area is 276 Å². The van der Waals surface area contributed by atoms with Crippen LogP contribution in [0, 0.1) is 6.92 Å². The topological polar surface area (TPSA) is 202 Å². The van der Waals surface area contributed by atoms with E-state index in [1.807, 2.05) is 13.8 Å². The summed E-state index contributed by atoms with van der Waals surface area (Å²) in [5.41, 5.74) is 0.220. The summed E-state index contributed by atoms with van der Waals surface area (Å²) >= 11 is 1.20. The predicted molar refractivity (Wildman–Crippen MR) is 165 cm³/mol. The number of methoxy groups -OCH3 is 1. The van der Waals surface area contributed by atoms with Crippen molar-refractivity contribution in [2.24, 2.45) is 5.16 Å². The molecule has 2 aliphatic rings. The van der Waals surface area contributed by atoms with Gasteiger partial charge in [0.25, 0.3) is 21.9 Å². The monoisotopic (exact) mass is 699 g/mol. The molecule has 0 radical (unpaired) electrons. The Bertz CT molecular complexity index is 1520. The van der Waals surface area contributed by atoms with Gasteiger partial charge in [-0.05, 0) is 37.5 Å². The number of ketones is 1. The van der Waals surface area contributed by atoms with Gasteiger partial charge in [-0.15, -0.1) is 11.8 Å². The third-order valence-corrected chi connectivity index (χ3v) is 9.49. The molecule has 1 aromatic carbocycles. The molecule has 0 bridgehead atoms. The number of carbonyl (C=O) groups is 5. The highest BCUT2D eigenvalue weighted by Gasteiger charge is 2.55. The minimum absolute atomic E-state index is 0.0262. The summed E-state index contributed by atoms with van der Waals surface area (Å²) in [5, 5.41) is 5.00. The van der Waals surface area contributed by atoms with Crippen LogP contribution in [0.4, 0.5) is 4.79 Å². The highest BCUT2D eigenvalue weighted by atomic mass is 32.2. The number of nitrogens with one attached hydrogen (secondary N) is 1. The molecule has 47 heavy (non-hydrogen) atoms. The van der Waals surface area contributed by atoms with Crippen molar-refractivity contribution in [2.75, 3.05) is 33.2 Å². The van der Waals surface area contributed by atoms with Crippen LogP contribution in [0.15, 0.2) is 45.6 Å². The number of thioether (sulfide) groups is 1.